The Morgan fingerprint density at radius 2 is 2.03 bits per heavy atom. The zero-order valence-electron chi connectivity index (χ0n) is 16.7. The molecule has 0 bridgehead atoms. The van der Waals surface area contributed by atoms with Crippen LogP contribution >= 0.6 is 11.3 Å². The van der Waals surface area contributed by atoms with Crippen LogP contribution in [0.2, 0.25) is 0 Å². The van der Waals surface area contributed by atoms with Gasteiger partial charge in [-0.3, -0.25) is 9.59 Å². The number of fused-ring (bicyclic) bond motifs is 1. The number of halogens is 3. The van der Waals surface area contributed by atoms with Gasteiger partial charge in [-0.2, -0.15) is 0 Å². The van der Waals surface area contributed by atoms with Crippen LogP contribution in [0.3, 0.4) is 0 Å². The first kappa shape index (κ1) is 22.3. The van der Waals surface area contributed by atoms with Gasteiger partial charge in [0.05, 0.1) is 16.3 Å². The number of likely N-dealkylation sites (tertiary alicyclic amines) is 1. The molecule has 3 rings (SSSR count). The van der Waals surface area contributed by atoms with E-state index in [0.29, 0.717) is 29.6 Å². The molecule has 2 aromatic rings. The van der Waals surface area contributed by atoms with Gasteiger partial charge in [0.15, 0.2) is 5.13 Å². The maximum Gasteiger partial charge on any atom is 0.573 e. The molecule has 2 amide bonds. The van der Waals surface area contributed by atoms with Crippen molar-refractivity contribution in [2.75, 3.05) is 11.9 Å². The van der Waals surface area contributed by atoms with Crippen LogP contribution in [-0.2, 0) is 9.59 Å². The SMILES string of the molecule is CC(C)(C)C(N)C(=O)N1CCC[C@H]1C(=O)Nc1nc2ccc(OC(F)(F)F)cc2s1. The molecule has 2 heterocycles. The van der Waals surface area contributed by atoms with Crippen molar-refractivity contribution in [2.45, 2.75) is 52.1 Å². The Labute approximate surface area is 175 Å². The molecule has 1 aliphatic heterocycles. The molecule has 3 N–H and O–H groups in total. The molecule has 0 aliphatic carbocycles. The number of rotatable bonds is 4. The summed E-state index contributed by atoms with van der Waals surface area (Å²) in [5, 5.41) is 2.91. The van der Waals surface area contributed by atoms with Crippen molar-refractivity contribution in [3.8, 4) is 5.75 Å². The van der Waals surface area contributed by atoms with E-state index in [9.17, 15) is 22.8 Å². The molecule has 2 atom stereocenters. The molecule has 1 saturated heterocycles. The molecule has 164 valence electrons. The van der Waals surface area contributed by atoms with Gasteiger partial charge in [0, 0.05) is 12.6 Å². The van der Waals surface area contributed by atoms with E-state index in [1.54, 1.807) is 0 Å². The van der Waals surface area contributed by atoms with E-state index in [1.165, 1.54) is 17.0 Å². The highest BCUT2D eigenvalue weighted by atomic mass is 32.1. The van der Waals surface area contributed by atoms with Crippen molar-refractivity contribution in [1.29, 1.82) is 0 Å². The second kappa shape index (κ2) is 8.03. The number of nitrogens with two attached hydrogens (primary N) is 1. The first-order valence-electron chi connectivity index (χ1n) is 9.38. The van der Waals surface area contributed by atoms with Crippen LogP contribution in [0.15, 0.2) is 18.2 Å². The molecule has 11 heteroatoms. The maximum atomic E-state index is 12.8. The number of amides is 2. The van der Waals surface area contributed by atoms with Gasteiger partial charge >= 0.3 is 6.36 Å². The molecule has 7 nitrogen and oxygen atoms in total. The van der Waals surface area contributed by atoms with Crippen LogP contribution in [0, 0.1) is 5.41 Å². The predicted molar refractivity (Wildman–Crippen MR) is 107 cm³/mol. The minimum absolute atomic E-state index is 0.235. The highest BCUT2D eigenvalue weighted by Crippen LogP contribution is 2.32. The molecule has 0 radical (unpaired) electrons. The summed E-state index contributed by atoms with van der Waals surface area (Å²) in [5.41, 5.74) is 6.06. The summed E-state index contributed by atoms with van der Waals surface area (Å²) in [6.07, 6.45) is -3.61. The predicted octanol–water partition coefficient (Wildman–Crippen LogP) is 3.50. The lowest BCUT2D eigenvalue weighted by Crippen LogP contribution is -2.54. The Morgan fingerprint density at radius 3 is 2.67 bits per heavy atom. The van der Waals surface area contributed by atoms with Gasteiger partial charge < -0.3 is 20.7 Å². The molecule has 1 aromatic carbocycles. The van der Waals surface area contributed by atoms with Gasteiger partial charge in [-0.25, -0.2) is 4.98 Å². The summed E-state index contributed by atoms with van der Waals surface area (Å²) in [6, 6.07) is 2.36. The third-order valence-corrected chi connectivity index (χ3v) is 5.79. The molecule has 0 spiro atoms. The van der Waals surface area contributed by atoms with Crippen molar-refractivity contribution in [3.63, 3.8) is 0 Å². The van der Waals surface area contributed by atoms with Crippen LogP contribution in [0.25, 0.3) is 10.2 Å². The molecule has 0 saturated carbocycles. The van der Waals surface area contributed by atoms with Gasteiger partial charge in [0.1, 0.15) is 11.8 Å². The standard InChI is InChI=1S/C19H23F3N4O3S/c1-18(2,3)14(23)16(28)26-8-4-5-12(26)15(27)25-17-24-11-7-6-10(9-13(11)30-17)29-19(20,21)22/h6-7,9,12,14H,4-5,8,23H2,1-3H3,(H,24,25,27)/t12-,14?/m0/s1. The zero-order valence-corrected chi connectivity index (χ0v) is 17.6. The van der Waals surface area contributed by atoms with Crippen LogP contribution in [0.5, 0.6) is 5.75 Å². The van der Waals surface area contributed by atoms with E-state index < -0.39 is 29.8 Å². The Kier molecular flexibility index (Phi) is 5.96. The topological polar surface area (TPSA) is 97.6 Å². The number of benzene rings is 1. The quantitative estimate of drug-likeness (QED) is 0.752. The van der Waals surface area contributed by atoms with Crippen LogP contribution in [0.4, 0.5) is 18.3 Å². The zero-order chi connectivity index (χ0) is 22.3. The van der Waals surface area contributed by atoms with Gasteiger partial charge in [0.25, 0.3) is 0 Å². The highest BCUT2D eigenvalue weighted by molar-refractivity contribution is 7.22. The van der Waals surface area contributed by atoms with Gasteiger partial charge in [-0.05, 0) is 30.4 Å². The lowest BCUT2D eigenvalue weighted by Gasteiger charge is -2.32. The Bertz CT molecular complexity index is 955. The average molecular weight is 444 g/mol. The number of nitrogens with zero attached hydrogens (tertiary/aromatic N) is 2. The van der Waals surface area contributed by atoms with E-state index in [2.05, 4.69) is 15.0 Å². The number of aromatic nitrogens is 1. The van der Waals surface area contributed by atoms with Gasteiger partial charge in [0.2, 0.25) is 11.8 Å². The second-order valence-electron chi connectivity index (χ2n) is 8.22. The number of alkyl halides is 3. The minimum atomic E-state index is -4.79. The lowest BCUT2D eigenvalue weighted by atomic mass is 9.86. The van der Waals surface area contributed by atoms with E-state index in [1.807, 2.05) is 20.8 Å². The van der Waals surface area contributed by atoms with Crippen molar-refractivity contribution in [2.24, 2.45) is 11.1 Å². The van der Waals surface area contributed by atoms with Crippen molar-refractivity contribution >= 4 is 38.5 Å². The second-order valence-corrected chi connectivity index (χ2v) is 9.25. The average Bonchev–Trinajstić information content (AvgIpc) is 3.24. The number of nitrogens with one attached hydrogen (secondary N) is 1. The summed E-state index contributed by atoms with van der Waals surface area (Å²) < 4.78 is 41.5. The number of hydrogen-bond donors (Lipinski definition) is 2. The number of thiazole rings is 1. The van der Waals surface area contributed by atoms with Crippen LogP contribution in [-0.4, -0.2) is 46.7 Å². The summed E-state index contributed by atoms with van der Waals surface area (Å²) in [7, 11) is 0. The number of carbonyl (C=O) groups excluding carboxylic acids is 2. The number of ether oxygens (including phenoxy) is 1. The smallest absolute Gasteiger partial charge is 0.406 e. The monoisotopic (exact) mass is 444 g/mol. The first-order chi connectivity index (χ1) is 13.8. The Morgan fingerprint density at radius 1 is 1.33 bits per heavy atom. The number of hydrogen-bond acceptors (Lipinski definition) is 6. The lowest BCUT2D eigenvalue weighted by molar-refractivity contribution is -0.274. The van der Waals surface area contributed by atoms with E-state index in [0.717, 1.165) is 17.4 Å². The third-order valence-electron chi connectivity index (χ3n) is 4.86. The van der Waals surface area contributed by atoms with E-state index in [4.69, 9.17) is 5.73 Å². The van der Waals surface area contributed by atoms with Crippen molar-refractivity contribution in [1.82, 2.24) is 9.88 Å². The van der Waals surface area contributed by atoms with E-state index >= 15 is 0 Å². The maximum absolute atomic E-state index is 12.8. The first-order valence-corrected chi connectivity index (χ1v) is 10.2. The minimum Gasteiger partial charge on any atom is -0.406 e. The molecule has 1 aliphatic rings. The van der Waals surface area contributed by atoms with Crippen LogP contribution in [0.1, 0.15) is 33.6 Å². The Hall–Kier alpha value is -2.40. The highest BCUT2D eigenvalue weighted by Gasteiger charge is 2.39. The van der Waals surface area contributed by atoms with Crippen molar-refractivity contribution < 1.29 is 27.5 Å². The van der Waals surface area contributed by atoms with E-state index in [-0.39, 0.29) is 16.8 Å². The molecule has 1 fully saturated rings. The molecular formula is C19H23F3N4O3S. The summed E-state index contributed by atoms with van der Waals surface area (Å²) in [5.74, 6) is -1.04. The number of carbonyl (C=O) groups is 2. The normalized spacial score (nSPS) is 18.5. The molecular weight excluding hydrogens is 421 g/mol. The molecule has 30 heavy (non-hydrogen) atoms. The number of anilines is 1. The van der Waals surface area contributed by atoms with Gasteiger partial charge in [-0.15, -0.1) is 13.2 Å². The summed E-state index contributed by atoms with van der Waals surface area (Å²) in [6.45, 7) is 6.02. The van der Waals surface area contributed by atoms with Crippen LogP contribution < -0.4 is 15.8 Å². The third kappa shape index (κ3) is 5.01. The molecule has 1 unspecified atom stereocenters. The fraction of sp³-hybridized carbons (Fsp3) is 0.526. The molecule has 1 aromatic heterocycles. The van der Waals surface area contributed by atoms with Crippen molar-refractivity contribution in [3.05, 3.63) is 18.2 Å². The Balaban J connectivity index is 1.73. The largest absolute Gasteiger partial charge is 0.573 e. The fourth-order valence-corrected chi connectivity index (χ4v) is 4.09. The van der Waals surface area contributed by atoms with Gasteiger partial charge in [-0.1, -0.05) is 32.1 Å². The summed E-state index contributed by atoms with van der Waals surface area (Å²) >= 11 is 1.03. The fourth-order valence-electron chi connectivity index (χ4n) is 3.20. The summed E-state index contributed by atoms with van der Waals surface area (Å²) in [4.78, 5) is 31.3.